The Morgan fingerprint density at radius 1 is 1.00 bits per heavy atom. The van der Waals surface area contributed by atoms with E-state index >= 15 is 0 Å². The molecule has 0 aliphatic carbocycles. The first-order valence-corrected chi connectivity index (χ1v) is 9.47. The van der Waals surface area contributed by atoms with Crippen molar-refractivity contribution in [1.82, 2.24) is 5.43 Å². The molecule has 0 saturated carbocycles. The van der Waals surface area contributed by atoms with Crippen molar-refractivity contribution in [3.8, 4) is 0 Å². The number of carboxylic acids is 2. The molecule has 1 saturated heterocycles. The zero-order valence-corrected chi connectivity index (χ0v) is 16.5. The number of nitrogens with zero attached hydrogens (tertiary/aromatic N) is 1. The van der Waals surface area contributed by atoms with E-state index < -0.39 is 11.9 Å². The number of amides is 1. The molecule has 0 radical (unpaired) electrons. The molecule has 2 aromatic carbocycles. The highest BCUT2D eigenvalue weighted by atomic mass is 16.5. The first-order chi connectivity index (χ1) is 14.5. The summed E-state index contributed by atoms with van der Waals surface area (Å²) in [4.78, 5) is 31.8. The van der Waals surface area contributed by atoms with Crippen LogP contribution in [0.3, 0.4) is 0 Å². The monoisotopic (exact) mass is 415 g/mol. The van der Waals surface area contributed by atoms with Crippen LogP contribution in [0.4, 0.5) is 5.69 Å². The molecule has 9 heteroatoms. The number of carbonyl (C=O) groups is 3. The third-order valence-corrected chi connectivity index (χ3v) is 4.30. The van der Waals surface area contributed by atoms with E-state index in [-0.39, 0.29) is 5.91 Å². The van der Waals surface area contributed by atoms with Gasteiger partial charge >= 0.3 is 5.97 Å². The van der Waals surface area contributed by atoms with E-state index in [4.69, 9.17) is 24.5 Å². The molecule has 3 N–H and O–H groups in total. The number of aliphatic carboxylic acids is 2. The summed E-state index contributed by atoms with van der Waals surface area (Å²) in [6.45, 7) is 4.34. The number of quaternary nitrogens is 1. The van der Waals surface area contributed by atoms with E-state index in [2.05, 4.69) is 17.6 Å². The lowest BCUT2D eigenvalue weighted by molar-refractivity contribution is -0.900. The molecule has 1 heterocycles. The molecule has 3 rings (SSSR count). The molecule has 0 spiro atoms. The fourth-order valence-electron chi connectivity index (χ4n) is 2.82. The van der Waals surface area contributed by atoms with Crippen LogP contribution >= 0.6 is 0 Å². The number of anilines is 1. The van der Waals surface area contributed by atoms with Gasteiger partial charge in [-0.15, -0.1) is 0 Å². The number of hydrazine groups is 1. The van der Waals surface area contributed by atoms with Crippen LogP contribution in [0.2, 0.25) is 0 Å². The third kappa shape index (κ3) is 8.29. The van der Waals surface area contributed by atoms with Crippen LogP contribution in [0.25, 0.3) is 0 Å². The summed E-state index contributed by atoms with van der Waals surface area (Å²) >= 11 is 0. The SMILES string of the molecule is O=C(C[NH+]1CCOCC1)NN(Cc1ccccc1)c1ccccc1.O=C([O-])C(=O)O. The van der Waals surface area contributed by atoms with E-state index in [1.165, 1.54) is 4.90 Å². The van der Waals surface area contributed by atoms with Gasteiger partial charge in [0, 0.05) is 0 Å². The maximum atomic E-state index is 12.5. The molecule has 1 aliphatic heterocycles. The number of morpholine rings is 1. The number of para-hydroxylation sites is 1. The normalized spacial score (nSPS) is 13.5. The molecular formula is C21H25N3O6. The Labute approximate surface area is 174 Å². The number of benzene rings is 2. The van der Waals surface area contributed by atoms with Gasteiger partial charge in [0.25, 0.3) is 5.91 Å². The number of carbonyl (C=O) groups excluding carboxylic acids is 2. The standard InChI is InChI=1S/C19H23N3O2.C2H2O4/c23-19(16-21-11-13-24-14-12-21)20-22(18-9-5-2-6-10-18)15-17-7-3-1-4-8-17;3-1(4)2(5)6/h1-10H,11-16H2,(H,20,23);(H,3,4)(H,5,6). The minimum absolute atomic E-state index is 0.0340. The Kier molecular flexibility index (Phi) is 9.29. The Morgan fingerprint density at radius 3 is 2.07 bits per heavy atom. The summed E-state index contributed by atoms with van der Waals surface area (Å²) in [5.41, 5.74) is 5.19. The second-order valence-electron chi connectivity index (χ2n) is 6.57. The van der Waals surface area contributed by atoms with Crippen LogP contribution in [-0.4, -0.2) is 55.8 Å². The Bertz CT molecular complexity index is 798. The first-order valence-electron chi connectivity index (χ1n) is 9.47. The number of hydrogen-bond donors (Lipinski definition) is 3. The second-order valence-corrected chi connectivity index (χ2v) is 6.57. The fourth-order valence-corrected chi connectivity index (χ4v) is 2.82. The predicted molar refractivity (Wildman–Crippen MR) is 106 cm³/mol. The van der Waals surface area contributed by atoms with Crippen molar-refractivity contribution in [1.29, 1.82) is 0 Å². The van der Waals surface area contributed by atoms with Crippen molar-refractivity contribution in [2.45, 2.75) is 6.54 Å². The summed E-state index contributed by atoms with van der Waals surface area (Å²) in [6, 6.07) is 20.1. The van der Waals surface area contributed by atoms with Gasteiger partial charge in [-0.2, -0.15) is 0 Å². The molecule has 0 unspecified atom stereocenters. The van der Waals surface area contributed by atoms with Gasteiger partial charge in [-0.05, 0) is 17.7 Å². The number of ether oxygens (including phenoxy) is 1. The number of nitrogens with one attached hydrogen (secondary N) is 2. The van der Waals surface area contributed by atoms with E-state index in [0.29, 0.717) is 13.1 Å². The minimum Gasteiger partial charge on any atom is -0.539 e. The van der Waals surface area contributed by atoms with Gasteiger partial charge in [0.2, 0.25) is 0 Å². The highest BCUT2D eigenvalue weighted by Crippen LogP contribution is 2.14. The van der Waals surface area contributed by atoms with Crippen LogP contribution in [0, 0.1) is 0 Å². The van der Waals surface area contributed by atoms with E-state index in [1.807, 2.05) is 53.5 Å². The Hall–Kier alpha value is -3.43. The average molecular weight is 415 g/mol. The molecular weight excluding hydrogens is 390 g/mol. The summed E-state index contributed by atoms with van der Waals surface area (Å²) < 4.78 is 5.35. The van der Waals surface area contributed by atoms with Crippen molar-refractivity contribution >= 4 is 23.5 Å². The van der Waals surface area contributed by atoms with Crippen molar-refractivity contribution in [3.05, 3.63) is 66.2 Å². The fraction of sp³-hybridized carbons (Fsp3) is 0.286. The van der Waals surface area contributed by atoms with Crippen LogP contribution in [0.15, 0.2) is 60.7 Å². The topological polar surface area (TPSA) is 123 Å². The molecule has 30 heavy (non-hydrogen) atoms. The zero-order chi connectivity index (χ0) is 21.8. The second kappa shape index (κ2) is 12.2. The summed E-state index contributed by atoms with van der Waals surface area (Å²) in [5.74, 6) is -3.98. The zero-order valence-electron chi connectivity index (χ0n) is 16.5. The molecule has 0 atom stereocenters. The lowest BCUT2D eigenvalue weighted by atomic mass is 10.2. The van der Waals surface area contributed by atoms with Crippen LogP contribution in [0.5, 0.6) is 0 Å². The van der Waals surface area contributed by atoms with Crippen molar-refractivity contribution in [3.63, 3.8) is 0 Å². The highest BCUT2D eigenvalue weighted by Gasteiger charge is 2.19. The smallest absolute Gasteiger partial charge is 0.351 e. The minimum atomic E-state index is -2.07. The molecule has 0 aromatic heterocycles. The molecule has 160 valence electrons. The molecule has 9 nitrogen and oxygen atoms in total. The summed E-state index contributed by atoms with van der Waals surface area (Å²) in [7, 11) is 0. The number of rotatable bonds is 6. The van der Waals surface area contributed by atoms with Gasteiger partial charge in [-0.25, -0.2) is 4.79 Å². The van der Waals surface area contributed by atoms with E-state index in [9.17, 15) is 4.79 Å². The molecule has 0 bridgehead atoms. The molecule has 1 fully saturated rings. The van der Waals surface area contributed by atoms with Crippen LogP contribution in [-0.2, 0) is 25.7 Å². The number of carboxylic acid groups (broad SMARTS) is 2. The van der Waals surface area contributed by atoms with Gasteiger partial charge < -0.3 is 24.6 Å². The van der Waals surface area contributed by atoms with Gasteiger partial charge in [0.1, 0.15) is 13.1 Å². The van der Waals surface area contributed by atoms with E-state index in [1.54, 1.807) is 0 Å². The van der Waals surface area contributed by atoms with Gasteiger partial charge in [-0.3, -0.25) is 15.2 Å². The highest BCUT2D eigenvalue weighted by molar-refractivity contribution is 6.26. The van der Waals surface area contributed by atoms with E-state index in [0.717, 1.165) is 37.6 Å². The average Bonchev–Trinajstić information content (AvgIpc) is 2.76. The maximum Gasteiger partial charge on any atom is 0.351 e. The Balaban J connectivity index is 0.000000469. The maximum absolute atomic E-state index is 12.5. The van der Waals surface area contributed by atoms with Gasteiger partial charge in [0.15, 0.2) is 12.5 Å². The van der Waals surface area contributed by atoms with Crippen LogP contribution < -0.4 is 20.4 Å². The lowest BCUT2D eigenvalue weighted by Crippen LogP contribution is -3.15. The van der Waals surface area contributed by atoms with Crippen molar-refractivity contribution < 1.29 is 34.2 Å². The Morgan fingerprint density at radius 2 is 1.53 bits per heavy atom. The van der Waals surface area contributed by atoms with Crippen LogP contribution in [0.1, 0.15) is 5.56 Å². The first kappa shape index (κ1) is 22.9. The third-order valence-electron chi connectivity index (χ3n) is 4.30. The largest absolute Gasteiger partial charge is 0.539 e. The number of hydrogen-bond acceptors (Lipinski definition) is 6. The quantitative estimate of drug-likeness (QED) is 0.386. The van der Waals surface area contributed by atoms with Crippen molar-refractivity contribution in [2.75, 3.05) is 37.9 Å². The molecule has 1 aliphatic rings. The lowest BCUT2D eigenvalue weighted by Gasteiger charge is -2.28. The van der Waals surface area contributed by atoms with Crippen molar-refractivity contribution in [2.24, 2.45) is 0 Å². The predicted octanol–water partition coefficient (Wildman–Crippen LogP) is -1.54. The summed E-state index contributed by atoms with van der Waals surface area (Å²) in [6.07, 6.45) is 0. The van der Waals surface area contributed by atoms with Gasteiger partial charge in [-0.1, -0.05) is 48.5 Å². The molecule has 2 aromatic rings. The van der Waals surface area contributed by atoms with Gasteiger partial charge in [0.05, 0.1) is 25.4 Å². The molecule has 1 amide bonds. The summed E-state index contributed by atoms with van der Waals surface area (Å²) in [5, 5.41) is 18.2.